The maximum absolute atomic E-state index is 10.4. The van der Waals surface area contributed by atoms with Crippen LogP contribution in [0.25, 0.3) is 0 Å². The van der Waals surface area contributed by atoms with Gasteiger partial charge in [0.25, 0.3) is 0 Å². The number of aliphatic hydroxyl groups is 1. The van der Waals surface area contributed by atoms with Crippen molar-refractivity contribution in [1.29, 1.82) is 0 Å². The molecule has 0 aromatic heterocycles. The Balaban J connectivity index is 2.37. The number of hydrogen-bond acceptors (Lipinski definition) is 4. The molecule has 0 heterocycles. The predicted molar refractivity (Wildman–Crippen MR) is 62.0 cm³/mol. The van der Waals surface area contributed by atoms with Gasteiger partial charge in [-0.05, 0) is 37.0 Å². The van der Waals surface area contributed by atoms with E-state index in [1.807, 2.05) is 12.1 Å². The highest BCUT2D eigenvalue weighted by Crippen LogP contribution is 2.12. The van der Waals surface area contributed by atoms with E-state index in [4.69, 9.17) is 15.4 Å². The summed E-state index contributed by atoms with van der Waals surface area (Å²) in [4.78, 5) is 10.4. The zero-order valence-corrected chi connectivity index (χ0v) is 9.26. The number of aliphatic hydroxyl groups excluding tert-OH is 1. The minimum atomic E-state index is -1.09. The lowest BCUT2D eigenvalue weighted by atomic mass is 10.1. The first kappa shape index (κ1) is 13.4. The van der Waals surface area contributed by atoms with Gasteiger partial charge in [-0.3, -0.25) is 5.32 Å². The third kappa shape index (κ3) is 5.30. The summed E-state index contributed by atoms with van der Waals surface area (Å²) in [5.74, 6) is 0. The Morgan fingerprint density at radius 3 is 2.47 bits per heavy atom. The molecule has 0 fully saturated rings. The molecule has 0 spiro atoms. The monoisotopic (exact) mass is 240 g/mol. The molecule has 1 amide bonds. The molecule has 1 aromatic rings. The molecule has 1 unspecified atom stereocenters. The Labute approximate surface area is 98.9 Å². The predicted octanol–water partition coefficient (Wildman–Crippen LogP) is 1.40. The van der Waals surface area contributed by atoms with Gasteiger partial charge < -0.3 is 15.4 Å². The molecule has 0 bridgehead atoms. The number of nitrogens with one attached hydrogen (secondary N) is 2. The second kappa shape index (κ2) is 6.85. The van der Waals surface area contributed by atoms with Crippen molar-refractivity contribution in [2.24, 2.45) is 0 Å². The van der Waals surface area contributed by atoms with E-state index in [0.717, 1.165) is 18.4 Å². The van der Waals surface area contributed by atoms with Crippen molar-refractivity contribution in [2.45, 2.75) is 25.5 Å². The number of rotatable bonds is 6. The van der Waals surface area contributed by atoms with Crippen LogP contribution >= 0.6 is 0 Å². The fourth-order valence-corrected chi connectivity index (χ4v) is 1.44. The standard InChI is InChI=1S/C11H16N2O4/c14-10(13-17)3-1-2-8-4-6-9(7-5-8)12-11(15)16/h4-7,10,12-14,17H,1-3H2,(H,15,16). The smallest absolute Gasteiger partial charge is 0.409 e. The second-order valence-corrected chi connectivity index (χ2v) is 3.66. The summed E-state index contributed by atoms with van der Waals surface area (Å²) in [6.45, 7) is 0. The van der Waals surface area contributed by atoms with Gasteiger partial charge in [0, 0.05) is 5.69 Å². The van der Waals surface area contributed by atoms with Crippen molar-refractivity contribution in [3.63, 3.8) is 0 Å². The van der Waals surface area contributed by atoms with Gasteiger partial charge in [-0.1, -0.05) is 12.1 Å². The van der Waals surface area contributed by atoms with Gasteiger partial charge in [0.05, 0.1) is 0 Å². The maximum Gasteiger partial charge on any atom is 0.409 e. The van der Waals surface area contributed by atoms with Crippen molar-refractivity contribution in [1.82, 2.24) is 5.48 Å². The van der Waals surface area contributed by atoms with E-state index >= 15 is 0 Å². The zero-order chi connectivity index (χ0) is 12.7. The first-order chi connectivity index (χ1) is 8.11. The van der Waals surface area contributed by atoms with Gasteiger partial charge in [0.2, 0.25) is 0 Å². The lowest BCUT2D eigenvalue weighted by Crippen LogP contribution is -2.24. The third-order valence-corrected chi connectivity index (χ3v) is 2.30. The molecule has 1 rings (SSSR count). The van der Waals surface area contributed by atoms with E-state index in [-0.39, 0.29) is 0 Å². The topological polar surface area (TPSA) is 102 Å². The molecule has 0 radical (unpaired) electrons. The number of anilines is 1. The van der Waals surface area contributed by atoms with Gasteiger partial charge in [0.1, 0.15) is 6.23 Å². The highest BCUT2D eigenvalue weighted by atomic mass is 16.5. The summed E-state index contributed by atoms with van der Waals surface area (Å²) in [5, 5.41) is 28.2. The van der Waals surface area contributed by atoms with E-state index in [9.17, 15) is 4.79 Å². The SMILES string of the molecule is O=C(O)Nc1ccc(CCCC(O)NO)cc1. The van der Waals surface area contributed by atoms with Gasteiger partial charge >= 0.3 is 6.09 Å². The van der Waals surface area contributed by atoms with Crippen LogP contribution in [0.4, 0.5) is 10.5 Å². The minimum Gasteiger partial charge on any atom is -0.465 e. The van der Waals surface area contributed by atoms with E-state index < -0.39 is 12.3 Å². The Kier molecular flexibility index (Phi) is 5.41. The number of hydroxylamine groups is 1. The van der Waals surface area contributed by atoms with Crippen LogP contribution in [-0.2, 0) is 6.42 Å². The van der Waals surface area contributed by atoms with E-state index in [0.29, 0.717) is 12.1 Å². The molecule has 0 saturated heterocycles. The number of aryl methyl sites for hydroxylation is 1. The van der Waals surface area contributed by atoms with Crippen molar-refractivity contribution >= 4 is 11.8 Å². The van der Waals surface area contributed by atoms with Crippen molar-refractivity contribution in [3.05, 3.63) is 29.8 Å². The summed E-state index contributed by atoms with van der Waals surface area (Å²) in [6, 6.07) is 7.02. The molecule has 0 aliphatic rings. The lowest BCUT2D eigenvalue weighted by molar-refractivity contribution is -0.00353. The van der Waals surface area contributed by atoms with Gasteiger partial charge in [-0.25, -0.2) is 4.79 Å². The Morgan fingerprint density at radius 1 is 1.29 bits per heavy atom. The van der Waals surface area contributed by atoms with Gasteiger partial charge in [-0.15, -0.1) is 0 Å². The second-order valence-electron chi connectivity index (χ2n) is 3.66. The van der Waals surface area contributed by atoms with E-state index in [1.54, 1.807) is 17.6 Å². The molecule has 17 heavy (non-hydrogen) atoms. The van der Waals surface area contributed by atoms with Crippen molar-refractivity contribution in [2.75, 3.05) is 5.32 Å². The summed E-state index contributed by atoms with van der Waals surface area (Å²) in [6.07, 6.45) is -0.0594. The van der Waals surface area contributed by atoms with Crippen LogP contribution in [0.1, 0.15) is 18.4 Å². The zero-order valence-electron chi connectivity index (χ0n) is 9.26. The van der Waals surface area contributed by atoms with Crippen LogP contribution in [0, 0.1) is 0 Å². The third-order valence-electron chi connectivity index (χ3n) is 2.30. The van der Waals surface area contributed by atoms with Crippen LogP contribution in [-0.4, -0.2) is 27.7 Å². The van der Waals surface area contributed by atoms with Crippen molar-refractivity contribution < 1.29 is 20.2 Å². The summed E-state index contributed by atoms with van der Waals surface area (Å²) in [7, 11) is 0. The lowest BCUT2D eigenvalue weighted by Gasteiger charge is -2.08. The minimum absolute atomic E-state index is 0.450. The van der Waals surface area contributed by atoms with Crippen LogP contribution in [0.2, 0.25) is 0 Å². The number of carboxylic acid groups (broad SMARTS) is 1. The maximum atomic E-state index is 10.4. The number of benzene rings is 1. The van der Waals surface area contributed by atoms with Crippen molar-refractivity contribution in [3.8, 4) is 0 Å². The number of amides is 1. The van der Waals surface area contributed by atoms with Gasteiger partial charge in [0.15, 0.2) is 0 Å². The highest BCUT2D eigenvalue weighted by Gasteiger charge is 2.02. The molecule has 1 atom stereocenters. The highest BCUT2D eigenvalue weighted by molar-refractivity contribution is 5.82. The summed E-state index contributed by atoms with van der Waals surface area (Å²) in [5.41, 5.74) is 3.34. The Morgan fingerprint density at radius 2 is 1.94 bits per heavy atom. The summed E-state index contributed by atoms with van der Waals surface area (Å²) >= 11 is 0. The molecule has 5 N–H and O–H groups in total. The molecule has 6 nitrogen and oxygen atoms in total. The average molecular weight is 240 g/mol. The average Bonchev–Trinajstić information content (AvgIpc) is 2.30. The molecular formula is C11H16N2O4. The van der Waals surface area contributed by atoms with E-state index in [1.165, 1.54) is 0 Å². The molecule has 6 heteroatoms. The molecule has 0 saturated carbocycles. The quantitative estimate of drug-likeness (QED) is 0.382. The molecule has 0 aliphatic heterocycles. The first-order valence-corrected chi connectivity index (χ1v) is 5.28. The normalized spacial score (nSPS) is 12.1. The molecule has 94 valence electrons. The van der Waals surface area contributed by atoms with Crippen LogP contribution in [0.15, 0.2) is 24.3 Å². The molecule has 0 aliphatic carbocycles. The number of hydrogen-bond donors (Lipinski definition) is 5. The fourth-order valence-electron chi connectivity index (χ4n) is 1.44. The molecule has 1 aromatic carbocycles. The van der Waals surface area contributed by atoms with Crippen LogP contribution in [0.5, 0.6) is 0 Å². The number of carbonyl (C=O) groups is 1. The van der Waals surface area contributed by atoms with Crippen LogP contribution < -0.4 is 10.8 Å². The summed E-state index contributed by atoms with van der Waals surface area (Å²) < 4.78 is 0. The first-order valence-electron chi connectivity index (χ1n) is 5.28. The largest absolute Gasteiger partial charge is 0.465 e. The fraction of sp³-hybridized carbons (Fsp3) is 0.364. The van der Waals surface area contributed by atoms with E-state index in [2.05, 4.69) is 5.32 Å². The molecular weight excluding hydrogens is 224 g/mol. The Bertz CT molecular complexity index is 353. The van der Waals surface area contributed by atoms with Crippen LogP contribution in [0.3, 0.4) is 0 Å². The Hall–Kier alpha value is -1.63. The van der Waals surface area contributed by atoms with Gasteiger partial charge in [-0.2, -0.15) is 5.48 Å².